The zero-order valence-corrected chi connectivity index (χ0v) is 14.2. The van der Waals surface area contributed by atoms with Crippen LogP contribution >= 0.6 is 12.4 Å². The Balaban J connectivity index is 0.00000242. The molecule has 2 rings (SSSR count). The highest BCUT2D eigenvalue weighted by Crippen LogP contribution is 2.31. The largest absolute Gasteiger partial charge is 0.494 e. The number of nitrogens with two attached hydrogens (primary N) is 1. The first-order valence-corrected chi connectivity index (χ1v) is 7.83. The van der Waals surface area contributed by atoms with Crippen LogP contribution in [0.5, 0.6) is 5.75 Å². The summed E-state index contributed by atoms with van der Waals surface area (Å²) in [5.41, 5.74) is 6.62. The van der Waals surface area contributed by atoms with E-state index in [2.05, 4.69) is 19.2 Å². The molecule has 1 fully saturated rings. The second-order valence-electron chi connectivity index (χ2n) is 6.27. The number of nitrogens with one attached hydrogen (secondary N) is 1. The molecule has 124 valence electrons. The lowest BCUT2D eigenvalue weighted by molar-refractivity contribution is 0.0950. The maximum absolute atomic E-state index is 12.0. The third-order valence-electron chi connectivity index (χ3n) is 3.81. The van der Waals surface area contributed by atoms with E-state index < -0.39 is 0 Å². The summed E-state index contributed by atoms with van der Waals surface area (Å²) < 4.78 is 5.64. The van der Waals surface area contributed by atoms with E-state index in [1.54, 1.807) is 12.1 Å². The number of benzene rings is 1. The summed E-state index contributed by atoms with van der Waals surface area (Å²) in [6.45, 7) is 5.60. The number of amides is 1. The summed E-state index contributed by atoms with van der Waals surface area (Å²) in [6.07, 6.45) is 3.42. The molecule has 0 bridgehead atoms. The Morgan fingerprint density at radius 2 is 1.95 bits per heavy atom. The van der Waals surface area contributed by atoms with Crippen LogP contribution in [-0.4, -0.2) is 25.1 Å². The zero-order chi connectivity index (χ0) is 15.2. The Morgan fingerprint density at radius 1 is 1.32 bits per heavy atom. The van der Waals surface area contributed by atoms with Gasteiger partial charge in [0.05, 0.1) is 6.61 Å². The fourth-order valence-electron chi connectivity index (χ4n) is 2.12. The van der Waals surface area contributed by atoms with Gasteiger partial charge in [-0.25, -0.2) is 0 Å². The molecule has 0 heterocycles. The molecule has 0 aliphatic heterocycles. The summed E-state index contributed by atoms with van der Waals surface area (Å²) in [5.74, 6) is 1.97. The van der Waals surface area contributed by atoms with E-state index in [1.807, 2.05) is 12.1 Å². The topological polar surface area (TPSA) is 64.3 Å². The quantitative estimate of drug-likeness (QED) is 0.772. The molecule has 1 aliphatic rings. The predicted octanol–water partition coefficient (Wildman–Crippen LogP) is 3.00. The van der Waals surface area contributed by atoms with Crippen molar-refractivity contribution in [1.29, 1.82) is 0 Å². The second kappa shape index (κ2) is 9.01. The molecule has 5 heteroatoms. The molecular weight excluding hydrogens is 300 g/mol. The van der Waals surface area contributed by atoms with Gasteiger partial charge in [0.25, 0.3) is 5.91 Å². The molecular formula is C17H27ClN2O2. The van der Waals surface area contributed by atoms with Crippen LogP contribution < -0.4 is 15.8 Å². The zero-order valence-electron chi connectivity index (χ0n) is 13.4. The summed E-state index contributed by atoms with van der Waals surface area (Å²) in [4.78, 5) is 12.0. The lowest BCUT2D eigenvalue weighted by atomic mass is 10.1. The average Bonchev–Trinajstić information content (AvgIpc) is 3.29. The molecule has 1 aromatic rings. The highest BCUT2D eigenvalue weighted by Gasteiger charge is 2.28. The number of hydrogen-bond donors (Lipinski definition) is 2. The van der Waals surface area contributed by atoms with Gasteiger partial charge < -0.3 is 15.8 Å². The van der Waals surface area contributed by atoms with E-state index in [4.69, 9.17) is 10.5 Å². The fourth-order valence-corrected chi connectivity index (χ4v) is 2.12. The molecule has 1 amide bonds. The molecule has 1 aromatic carbocycles. The normalized spacial score (nSPS) is 15.1. The molecule has 1 saturated carbocycles. The number of carbonyl (C=O) groups is 1. The summed E-state index contributed by atoms with van der Waals surface area (Å²) in [6, 6.07) is 7.37. The summed E-state index contributed by atoms with van der Waals surface area (Å²) in [7, 11) is 0. The minimum atomic E-state index is -0.0696. The molecule has 0 saturated heterocycles. The van der Waals surface area contributed by atoms with Gasteiger partial charge in [0.1, 0.15) is 5.75 Å². The van der Waals surface area contributed by atoms with E-state index in [0.717, 1.165) is 12.2 Å². The SMILES string of the molecule is CC(C)CCOc1ccc(C(=O)NCC(N)C2CC2)cc1.Cl. The Hall–Kier alpha value is -1.26. The van der Waals surface area contributed by atoms with Gasteiger partial charge in [-0.05, 0) is 55.4 Å². The average molecular weight is 327 g/mol. The number of ether oxygens (including phenoxy) is 1. The molecule has 1 aliphatic carbocycles. The van der Waals surface area contributed by atoms with Crippen LogP contribution in [0.1, 0.15) is 43.5 Å². The smallest absolute Gasteiger partial charge is 0.251 e. The van der Waals surface area contributed by atoms with Crippen LogP contribution in [-0.2, 0) is 0 Å². The van der Waals surface area contributed by atoms with Crippen LogP contribution in [0.15, 0.2) is 24.3 Å². The minimum Gasteiger partial charge on any atom is -0.494 e. The maximum Gasteiger partial charge on any atom is 0.251 e. The van der Waals surface area contributed by atoms with Crippen molar-refractivity contribution in [3.63, 3.8) is 0 Å². The number of hydrogen-bond acceptors (Lipinski definition) is 3. The van der Waals surface area contributed by atoms with Gasteiger partial charge in [-0.3, -0.25) is 4.79 Å². The summed E-state index contributed by atoms with van der Waals surface area (Å²) >= 11 is 0. The third kappa shape index (κ3) is 6.24. The first-order chi connectivity index (χ1) is 10.1. The van der Waals surface area contributed by atoms with Crippen molar-refractivity contribution in [2.45, 2.75) is 39.2 Å². The number of carbonyl (C=O) groups excluding carboxylic acids is 1. The van der Waals surface area contributed by atoms with Gasteiger partial charge in [-0.1, -0.05) is 13.8 Å². The third-order valence-corrected chi connectivity index (χ3v) is 3.81. The molecule has 1 unspecified atom stereocenters. The Kier molecular flexibility index (Phi) is 7.69. The Bertz CT molecular complexity index is 458. The molecule has 0 spiro atoms. The van der Waals surface area contributed by atoms with Gasteiger partial charge in [0, 0.05) is 18.2 Å². The second-order valence-corrected chi connectivity index (χ2v) is 6.27. The van der Waals surface area contributed by atoms with E-state index in [1.165, 1.54) is 12.8 Å². The monoisotopic (exact) mass is 326 g/mol. The van der Waals surface area contributed by atoms with E-state index in [9.17, 15) is 4.79 Å². The Morgan fingerprint density at radius 3 is 2.50 bits per heavy atom. The van der Waals surface area contributed by atoms with Gasteiger partial charge >= 0.3 is 0 Å². The minimum absolute atomic E-state index is 0. The highest BCUT2D eigenvalue weighted by atomic mass is 35.5. The van der Waals surface area contributed by atoms with Crippen LogP contribution in [0.25, 0.3) is 0 Å². The molecule has 0 aromatic heterocycles. The van der Waals surface area contributed by atoms with Crippen LogP contribution in [0, 0.1) is 11.8 Å². The van der Waals surface area contributed by atoms with E-state index >= 15 is 0 Å². The molecule has 3 N–H and O–H groups in total. The van der Waals surface area contributed by atoms with Crippen LogP contribution in [0.3, 0.4) is 0 Å². The number of rotatable bonds is 8. The van der Waals surface area contributed by atoms with Crippen molar-refractivity contribution in [1.82, 2.24) is 5.32 Å². The molecule has 4 nitrogen and oxygen atoms in total. The van der Waals surface area contributed by atoms with Gasteiger partial charge in [0.2, 0.25) is 0 Å². The van der Waals surface area contributed by atoms with Crippen molar-refractivity contribution in [2.75, 3.05) is 13.2 Å². The van der Waals surface area contributed by atoms with Gasteiger partial charge in [-0.15, -0.1) is 12.4 Å². The molecule has 1 atom stereocenters. The molecule has 0 radical (unpaired) electrons. The first-order valence-electron chi connectivity index (χ1n) is 7.83. The fraction of sp³-hybridized carbons (Fsp3) is 0.588. The molecule has 22 heavy (non-hydrogen) atoms. The summed E-state index contributed by atoms with van der Waals surface area (Å²) in [5, 5.41) is 2.89. The van der Waals surface area contributed by atoms with E-state index in [-0.39, 0.29) is 24.4 Å². The van der Waals surface area contributed by atoms with Crippen LogP contribution in [0.4, 0.5) is 0 Å². The standard InChI is InChI=1S/C17H26N2O2.ClH/c1-12(2)9-10-21-15-7-5-14(6-8-15)17(20)19-11-16(18)13-3-4-13;/h5-8,12-13,16H,3-4,9-11,18H2,1-2H3,(H,19,20);1H. The van der Waals surface area contributed by atoms with Crippen molar-refractivity contribution < 1.29 is 9.53 Å². The van der Waals surface area contributed by atoms with E-state index in [0.29, 0.717) is 30.6 Å². The van der Waals surface area contributed by atoms with Gasteiger partial charge in [-0.2, -0.15) is 0 Å². The lowest BCUT2D eigenvalue weighted by Crippen LogP contribution is -2.38. The maximum atomic E-state index is 12.0. The lowest BCUT2D eigenvalue weighted by Gasteiger charge is -2.12. The van der Waals surface area contributed by atoms with Crippen molar-refractivity contribution in [3.8, 4) is 5.75 Å². The highest BCUT2D eigenvalue weighted by molar-refractivity contribution is 5.94. The number of halogens is 1. The predicted molar refractivity (Wildman–Crippen MR) is 91.7 cm³/mol. The van der Waals surface area contributed by atoms with Crippen molar-refractivity contribution >= 4 is 18.3 Å². The Labute approximate surface area is 139 Å². The van der Waals surface area contributed by atoms with Gasteiger partial charge in [0.15, 0.2) is 0 Å². The van der Waals surface area contributed by atoms with Crippen LogP contribution in [0.2, 0.25) is 0 Å². The first kappa shape index (κ1) is 18.8. The van der Waals surface area contributed by atoms with Crippen molar-refractivity contribution in [3.05, 3.63) is 29.8 Å². The van der Waals surface area contributed by atoms with Crippen molar-refractivity contribution in [2.24, 2.45) is 17.6 Å².